The minimum atomic E-state index is 0.708. The SMILES string of the molecule is CC(C1CCN(c2ccc3cc[nH]c3n2)CC1)N1CCN(C)CC1. The van der Waals surface area contributed by atoms with Gasteiger partial charge in [0.2, 0.25) is 0 Å². The number of nitrogens with one attached hydrogen (secondary N) is 1. The van der Waals surface area contributed by atoms with Crippen molar-refractivity contribution in [2.75, 3.05) is 51.2 Å². The van der Waals surface area contributed by atoms with E-state index in [2.05, 4.69) is 51.9 Å². The van der Waals surface area contributed by atoms with Gasteiger partial charge in [0.15, 0.2) is 0 Å². The number of likely N-dealkylation sites (N-methyl/N-ethyl adjacent to an activating group) is 1. The Morgan fingerprint density at radius 3 is 2.54 bits per heavy atom. The van der Waals surface area contributed by atoms with Crippen LogP contribution in [-0.4, -0.2) is 72.1 Å². The van der Waals surface area contributed by atoms with Crippen LogP contribution in [0.2, 0.25) is 0 Å². The van der Waals surface area contributed by atoms with Crippen molar-refractivity contribution in [2.45, 2.75) is 25.8 Å². The molecule has 2 saturated heterocycles. The topological polar surface area (TPSA) is 38.4 Å². The summed E-state index contributed by atoms with van der Waals surface area (Å²) in [5.74, 6) is 1.94. The van der Waals surface area contributed by atoms with Crippen molar-refractivity contribution in [1.82, 2.24) is 19.8 Å². The molecule has 1 unspecified atom stereocenters. The summed E-state index contributed by atoms with van der Waals surface area (Å²) >= 11 is 0. The Balaban J connectivity index is 1.35. The number of aromatic nitrogens is 2. The number of anilines is 1. The van der Waals surface area contributed by atoms with Gasteiger partial charge >= 0.3 is 0 Å². The van der Waals surface area contributed by atoms with Crippen LogP contribution >= 0.6 is 0 Å². The standard InChI is InChI=1S/C19H29N5/c1-15(23-13-11-22(2)12-14-23)16-6-9-24(10-7-16)18-4-3-17-5-8-20-19(17)21-18/h3-5,8,15-16H,6-7,9-14H2,1-2H3,(H,20,21). The van der Waals surface area contributed by atoms with E-state index in [1.807, 2.05) is 6.20 Å². The van der Waals surface area contributed by atoms with Crippen LogP contribution in [0.5, 0.6) is 0 Å². The molecule has 2 aromatic heterocycles. The number of aromatic amines is 1. The molecule has 5 heteroatoms. The number of pyridine rings is 1. The minimum absolute atomic E-state index is 0.708. The van der Waals surface area contributed by atoms with Crippen LogP contribution in [0.25, 0.3) is 11.0 Å². The number of fused-ring (bicyclic) bond motifs is 1. The van der Waals surface area contributed by atoms with Crippen LogP contribution < -0.4 is 4.90 Å². The lowest BCUT2D eigenvalue weighted by molar-refractivity contribution is 0.0813. The van der Waals surface area contributed by atoms with Crippen molar-refractivity contribution >= 4 is 16.9 Å². The number of hydrogen-bond donors (Lipinski definition) is 1. The number of rotatable bonds is 3. The fourth-order valence-corrected chi connectivity index (χ4v) is 4.23. The molecule has 130 valence electrons. The maximum atomic E-state index is 4.78. The third-order valence-electron chi connectivity index (χ3n) is 6.05. The van der Waals surface area contributed by atoms with E-state index in [0.717, 1.165) is 30.5 Å². The van der Waals surface area contributed by atoms with E-state index in [-0.39, 0.29) is 0 Å². The molecular weight excluding hydrogens is 298 g/mol. The Morgan fingerprint density at radius 1 is 1.04 bits per heavy atom. The van der Waals surface area contributed by atoms with Gasteiger partial charge in [0.05, 0.1) is 0 Å². The van der Waals surface area contributed by atoms with Gasteiger partial charge in [-0.3, -0.25) is 4.90 Å². The maximum absolute atomic E-state index is 4.78. The smallest absolute Gasteiger partial charge is 0.139 e. The van der Waals surface area contributed by atoms with Gasteiger partial charge in [0.1, 0.15) is 11.5 Å². The highest BCUT2D eigenvalue weighted by Gasteiger charge is 2.29. The van der Waals surface area contributed by atoms with Gasteiger partial charge < -0.3 is 14.8 Å². The summed E-state index contributed by atoms with van der Waals surface area (Å²) in [4.78, 5) is 15.6. The highest BCUT2D eigenvalue weighted by atomic mass is 15.3. The largest absolute Gasteiger partial charge is 0.357 e. The van der Waals surface area contributed by atoms with E-state index < -0.39 is 0 Å². The van der Waals surface area contributed by atoms with Gasteiger partial charge in [-0.2, -0.15) is 0 Å². The van der Waals surface area contributed by atoms with Gasteiger partial charge in [-0.15, -0.1) is 0 Å². The molecule has 5 nitrogen and oxygen atoms in total. The Bertz CT molecular complexity index is 665. The van der Waals surface area contributed by atoms with E-state index in [9.17, 15) is 0 Å². The lowest BCUT2D eigenvalue weighted by Crippen LogP contribution is -2.51. The van der Waals surface area contributed by atoms with Gasteiger partial charge in [0, 0.05) is 56.9 Å². The highest BCUT2D eigenvalue weighted by Crippen LogP contribution is 2.27. The maximum Gasteiger partial charge on any atom is 0.139 e. The molecular formula is C19H29N5. The Hall–Kier alpha value is -1.59. The second-order valence-electron chi connectivity index (χ2n) is 7.49. The fourth-order valence-electron chi connectivity index (χ4n) is 4.23. The lowest BCUT2D eigenvalue weighted by atomic mass is 9.89. The first-order valence-electron chi connectivity index (χ1n) is 9.32. The zero-order valence-electron chi connectivity index (χ0n) is 14.9. The van der Waals surface area contributed by atoms with Crippen LogP contribution in [0.3, 0.4) is 0 Å². The average Bonchev–Trinajstić information content (AvgIpc) is 3.09. The summed E-state index contributed by atoms with van der Waals surface area (Å²) in [5.41, 5.74) is 1.00. The van der Waals surface area contributed by atoms with Crippen LogP contribution in [0, 0.1) is 5.92 Å². The molecule has 2 aliphatic rings. The Morgan fingerprint density at radius 2 is 1.79 bits per heavy atom. The molecule has 2 fully saturated rings. The average molecular weight is 327 g/mol. The molecule has 0 amide bonds. The van der Waals surface area contributed by atoms with Crippen LogP contribution in [-0.2, 0) is 0 Å². The van der Waals surface area contributed by atoms with Crippen LogP contribution in [0.4, 0.5) is 5.82 Å². The molecule has 0 radical (unpaired) electrons. The summed E-state index contributed by atoms with van der Waals surface area (Å²) in [5, 5.41) is 1.19. The van der Waals surface area contributed by atoms with Crippen molar-refractivity contribution in [1.29, 1.82) is 0 Å². The molecule has 0 spiro atoms. The summed E-state index contributed by atoms with van der Waals surface area (Å²) in [6.45, 7) is 9.57. The van der Waals surface area contributed by atoms with Crippen molar-refractivity contribution < 1.29 is 0 Å². The second kappa shape index (κ2) is 6.73. The second-order valence-corrected chi connectivity index (χ2v) is 7.49. The van der Waals surface area contributed by atoms with Crippen molar-refractivity contribution in [2.24, 2.45) is 5.92 Å². The third kappa shape index (κ3) is 3.15. The predicted molar refractivity (Wildman–Crippen MR) is 99.6 cm³/mol. The van der Waals surface area contributed by atoms with Gasteiger partial charge in [-0.1, -0.05) is 0 Å². The molecule has 1 N–H and O–H groups in total. The number of piperidine rings is 1. The van der Waals surface area contributed by atoms with Crippen LogP contribution in [0.15, 0.2) is 24.4 Å². The van der Waals surface area contributed by atoms with Gasteiger partial charge in [-0.05, 0) is 50.9 Å². The van der Waals surface area contributed by atoms with Crippen molar-refractivity contribution in [3.63, 3.8) is 0 Å². The molecule has 0 aliphatic carbocycles. The van der Waals surface area contributed by atoms with E-state index in [1.165, 1.54) is 44.4 Å². The molecule has 0 aromatic carbocycles. The molecule has 2 aliphatic heterocycles. The van der Waals surface area contributed by atoms with E-state index in [1.54, 1.807) is 0 Å². The number of hydrogen-bond acceptors (Lipinski definition) is 4. The Kier molecular flexibility index (Phi) is 4.46. The summed E-state index contributed by atoms with van der Waals surface area (Å²) in [7, 11) is 2.23. The lowest BCUT2D eigenvalue weighted by Gasteiger charge is -2.42. The molecule has 0 bridgehead atoms. The van der Waals surface area contributed by atoms with E-state index in [4.69, 9.17) is 4.98 Å². The first kappa shape index (κ1) is 15.9. The summed E-state index contributed by atoms with van der Waals surface area (Å²) < 4.78 is 0. The number of nitrogens with zero attached hydrogens (tertiary/aromatic N) is 4. The first-order chi connectivity index (χ1) is 11.7. The normalized spacial score (nSPS) is 23.0. The zero-order valence-corrected chi connectivity index (χ0v) is 14.9. The zero-order chi connectivity index (χ0) is 16.5. The Labute approximate surface area is 144 Å². The van der Waals surface area contributed by atoms with Crippen molar-refractivity contribution in [3.05, 3.63) is 24.4 Å². The molecule has 4 rings (SSSR count). The molecule has 2 aromatic rings. The highest BCUT2D eigenvalue weighted by molar-refractivity contribution is 5.77. The number of piperazine rings is 1. The molecule has 0 saturated carbocycles. The predicted octanol–water partition coefficient (Wildman–Crippen LogP) is 2.42. The molecule has 4 heterocycles. The van der Waals surface area contributed by atoms with Crippen molar-refractivity contribution in [3.8, 4) is 0 Å². The summed E-state index contributed by atoms with van der Waals surface area (Å²) in [6.07, 6.45) is 4.52. The minimum Gasteiger partial charge on any atom is -0.357 e. The third-order valence-corrected chi connectivity index (χ3v) is 6.05. The first-order valence-corrected chi connectivity index (χ1v) is 9.32. The quantitative estimate of drug-likeness (QED) is 0.940. The van der Waals surface area contributed by atoms with Gasteiger partial charge in [-0.25, -0.2) is 4.98 Å². The van der Waals surface area contributed by atoms with E-state index in [0.29, 0.717) is 6.04 Å². The molecule has 1 atom stereocenters. The monoisotopic (exact) mass is 327 g/mol. The van der Waals surface area contributed by atoms with Gasteiger partial charge in [0.25, 0.3) is 0 Å². The fraction of sp³-hybridized carbons (Fsp3) is 0.632. The summed E-state index contributed by atoms with van der Waals surface area (Å²) in [6, 6.07) is 7.13. The number of H-pyrrole nitrogens is 1. The van der Waals surface area contributed by atoms with E-state index >= 15 is 0 Å². The van der Waals surface area contributed by atoms with Crippen LogP contribution in [0.1, 0.15) is 19.8 Å². The molecule has 24 heavy (non-hydrogen) atoms.